The minimum atomic E-state index is -4.65. The number of hydrogen-bond acceptors (Lipinski definition) is 8. The van der Waals surface area contributed by atoms with Gasteiger partial charge in [0.05, 0.1) is 17.6 Å². The first-order chi connectivity index (χ1) is 16.6. The lowest BCUT2D eigenvalue weighted by Crippen LogP contribution is -2.59. The second-order valence-corrected chi connectivity index (χ2v) is 11.1. The van der Waals surface area contributed by atoms with Crippen molar-refractivity contribution in [2.75, 3.05) is 13.2 Å². The van der Waals surface area contributed by atoms with Gasteiger partial charge in [0.15, 0.2) is 4.90 Å². The van der Waals surface area contributed by atoms with Crippen LogP contribution in [0.2, 0.25) is 0 Å². The molecule has 12 nitrogen and oxygen atoms in total. The molecule has 2 rings (SSSR count). The van der Waals surface area contributed by atoms with Crippen molar-refractivity contribution in [3.05, 3.63) is 58.7 Å². The Morgan fingerprint density at radius 3 is 2.44 bits per heavy atom. The summed E-state index contributed by atoms with van der Waals surface area (Å²) in [6.45, 7) is 11.4. The van der Waals surface area contributed by atoms with Gasteiger partial charge in [0, 0.05) is 12.6 Å². The number of para-hydroxylation sites is 1. The number of nitro groups is 1. The Labute approximate surface area is 210 Å². The lowest BCUT2D eigenvalue weighted by atomic mass is 9.89. The van der Waals surface area contributed by atoms with Gasteiger partial charge < -0.3 is 10.5 Å². The molecule has 0 aliphatic carbocycles. The molecule has 1 aliphatic heterocycles. The van der Waals surface area contributed by atoms with Gasteiger partial charge >= 0.3 is 6.09 Å². The van der Waals surface area contributed by atoms with E-state index in [1.54, 1.807) is 34.6 Å². The Bertz CT molecular complexity index is 1160. The van der Waals surface area contributed by atoms with Crippen LogP contribution in [0.4, 0.5) is 10.5 Å². The number of nitrogens with two attached hydrogens (primary N) is 1. The average molecular weight is 525 g/mol. The zero-order valence-electron chi connectivity index (χ0n) is 20.9. The molecule has 2 amide bonds. The molecule has 0 aromatic heterocycles. The van der Waals surface area contributed by atoms with Gasteiger partial charge in [0.2, 0.25) is 5.91 Å². The first kappa shape index (κ1) is 28.9. The fourth-order valence-electron chi connectivity index (χ4n) is 3.67. The van der Waals surface area contributed by atoms with Crippen LogP contribution < -0.4 is 5.73 Å². The van der Waals surface area contributed by atoms with E-state index in [-0.39, 0.29) is 19.1 Å². The van der Waals surface area contributed by atoms with Gasteiger partial charge in [-0.25, -0.2) is 13.2 Å². The Balaban J connectivity index is 2.72. The molecule has 0 unspecified atom stereocenters. The van der Waals surface area contributed by atoms with E-state index in [9.17, 15) is 28.1 Å². The fraction of sp³-hybridized carbons (Fsp3) is 0.478. The summed E-state index contributed by atoms with van der Waals surface area (Å²) in [5, 5.41) is 11.6. The van der Waals surface area contributed by atoms with E-state index < -0.39 is 55.2 Å². The van der Waals surface area contributed by atoms with Crippen LogP contribution in [0.1, 0.15) is 34.6 Å². The molecule has 1 aliphatic rings. The summed E-state index contributed by atoms with van der Waals surface area (Å²) in [6, 6.07) is 2.49. The molecule has 0 saturated heterocycles. The van der Waals surface area contributed by atoms with E-state index in [1.807, 2.05) is 0 Å². The SMILES string of the molecule is C=CCON([C@H]1CN(C(=O)OC(C)(C)C)[C@@H](C(N)=O)C=C1C(C)C)S(=O)(=O)c1ccccc1[N+](=O)[O-]. The predicted molar refractivity (Wildman–Crippen MR) is 131 cm³/mol. The summed E-state index contributed by atoms with van der Waals surface area (Å²) >= 11 is 0. The molecule has 2 N–H and O–H groups in total. The van der Waals surface area contributed by atoms with Gasteiger partial charge in [-0.1, -0.05) is 42.6 Å². The second kappa shape index (κ2) is 11.2. The number of sulfonamides is 1. The van der Waals surface area contributed by atoms with Crippen molar-refractivity contribution in [2.45, 2.75) is 57.2 Å². The van der Waals surface area contributed by atoms with E-state index in [0.717, 1.165) is 17.0 Å². The fourth-order valence-corrected chi connectivity index (χ4v) is 5.25. The molecule has 0 bridgehead atoms. The zero-order valence-corrected chi connectivity index (χ0v) is 21.7. The largest absolute Gasteiger partial charge is 0.444 e. The standard InChI is InChI=1S/C23H32N4O8S/c1-7-12-34-27(36(32,33)20-11-9-8-10-17(20)26(30)31)19-14-25(22(29)35-23(4,5)6)18(21(24)28)13-16(19)15(2)3/h7-11,13,15,18-19H,1,12,14H2,2-6H3,(H2,24,28)/t18-,19+/m1/s1. The lowest BCUT2D eigenvalue weighted by Gasteiger charge is -2.42. The summed E-state index contributed by atoms with van der Waals surface area (Å²) in [5.41, 5.74) is 4.45. The molecule has 13 heteroatoms. The number of hydroxylamine groups is 1. The van der Waals surface area contributed by atoms with Gasteiger partial charge in [0.25, 0.3) is 15.7 Å². The van der Waals surface area contributed by atoms with E-state index in [1.165, 1.54) is 24.3 Å². The third kappa shape index (κ3) is 6.47. The Hall–Kier alpha value is -3.29. The Kier molecular flexibility index (Phi) is 8.99. The Morgan fingerprint density at radius 1 is 1.33 bits per heavy atom. The molecule has 198 valence electrons. The summed E-state index contributed by atoms with van der Waals surface area (Å²) in [6.07, 6.45) is 1.83. The highest BCUT2D eigenvalue weighted by atomic mass is 32.2. The maximum absolute atomic E-state index is 13.8. The smallest absolute Gasteiger partial charge is 0.411 e. The molecular formula is C23H32N4O8S. The molecule has 36 heavy (non-hydrogen) atoms. The van der Waals surface area contributed by atoms with Crippen molar-refractivity contribution in [3.63, 3.8) is 0 Å². The first-order valence-corrected chi connectivity index (χ1v) is 12.6. The Morgan fingerprint density at radius 2 is 1.94 bits per heavy atom. The topological polar surface area (TPSA) is 162 Å². The van der Waals surface area contributed by atoms with Crippen molar-refractivity contribution in [3.8, 4) is 0 Å². The predicted octanol–water partition coefficient (Wildman–Crippen LogP) is 2.76. The van der Waals surface area contributed by atoms with Gasteiger partial charge in [-0.2, -0.15) is 0 Å². The van der Waals surface area contributed by atoms with Gasteiger partial charge in [-0.05, 0) is 38.3 Å². The number of ether oxygens (including phenoxy) is 1. The molecule has 1 heterocycles. The molecule has 1 aromatic carbocycles. The third-order valence-electron chi connectivity index (χ3n) is 5.18. The maximum atomic E-state index is 13.8. The number of rotatable bonds is 9. The monoisotopic (exact) mass is 524 g/mol. The molecule has 0 fully saturated rings. The third-order valence-corrected chi connectivity index (χ3v) is 6.91. The summed E-state index contributed by atoms with van der Waals surface area (Å²) in [4.78, 5) is 42.0. The highest BCUT2D eigenvalue weighted by molar-refractivity contribution is 7.89. The molecule has 0 saturated carbocycles. The quantitative estimate of drug-likeness (QED) is 0.293. The number of benzene rings is 1. The molecule has 1 aromatic rings. The lowest BCUT2D eigenvalue weighted by molar-refractivity contribution is -0.388. The number of amides is 2. The number of nitrogens with zero attached hydrogens (tertiary/aromatic N) is 3. The van der Waals surface area contributed by atoms with E-state index in [4.69, 9.17) is 15.3 Å². The normalized spacial score (nSPS) is 18.6. The van der Waals surface area contributed by atoms with Crippen LogP contribution in [-0.4, -0.2) is 65.5 Å². The van der Waals surface area contributed by atoms with Crippen LogP contribution >= 0.6 is 0 Å². The van der Waals surface area contributed by atoms with Crippen LogP contribution in [0, 0.1) is 16.0 Å². The summed E-state index contributed by atoms with van der Waals surface area (Å²) in [5.74, 6) is -1.15. The minimum Gasteiger partial charge on any atom is -0.444 e. The molecule has 0 spiro atoms. The van der Waals surface area contributed by atoms with Crippen LogP contribution in [-0.2, 0) is 24.4 Å². The number of carbonyl (C=O) groups excluding carboxylic acids is 2. The van der Waals surface area contributed by atoms with E-state index in [2.05, 4.69) is 6.58 Å². The highest BCUT2D eigenvalue weighted by Crippen LogP contribution is 2.34. The van der Waals surface area contributed by atoms with Gasteiger partial charge in [0.1, 0.15) is 11.6 Å². The molecular weight excluding hydrogens is 492 g/mol. The first-order valence-electron chi connectivity index (χ1n) is 11.1. The van der Waals surface area contributed by atoms with Crippen molar-refractivity contribution in [2.24, 2.45) is 11.7 Å². The van der Waals surface area contributed by atoms with Gasteiger partial charge in [-0.3, -0.25) is 24.6 Å². The van der Waals surface area contributed by atoms with Crippen LogP contribution in [0.15, 0.2) is 53.5 Å². The molecule has 0 radical (unpaired) electrons. The highest BCUT2D eigenvalue weighted by Gasteiger charge is 2.45. The van der Waals surface area contributed by atoms with Crippen LogP contribution in [0.5, 0.6) is 0 Å². The zero-order chi connectivity index (χ0) is 27.4. The number of carbonyl (C=O) groups is 2. The summed E-state index contributed by atoms with van der Waals surface area (Å²) < 4.78 is 33.6. The molecule has 2 atom stereocenters. The van der Waals surface area contributed by atoms with Crippen molar-refractivity contribution in [1.82, 2.24) is 9.37 Å². The van der Waals surface area contributed by atoms with Crippen LogP contribution in [0.3, 0.4) is 0 Å². The number of hydrogen-bond donors (Lipinski definition) is 1. The van der Waals surface area contributed by atoms with Crippen LogP contribution in [0.25, 0.3) is 0 Å². The maximum Gasteiger partial charge on any atom is 0.411 e. The number of nitro benzene ring substituents is 1. The van der Waals surface area contributed by atoms with Crippen molar-refractivity contribution < 1.29 is 32.5 Å². The van der Waals surface area contributed by atoms with E-state index >= 15 is 0 Å². The minimum absolute atomic E-state index is 0.257. The number of primary amides is 1. The van der Waals surface area contributed by atoms with E-state index in [0.29, 0.717) is 10.0 Å². The second-order valence-electron chi connectivity index (χ2n) is 9.39. The average Bonchev–Trinajstić information content (AvgIpc) is 2.77. The summed E-state index contributed by atoms with van der Waals surface area (Å²) in [7, 11) is -4.65. The van der Waals surface area contributed by atoms with Crippen molar-refractivity contribution in [1.29, 1.82) is 0 Å². The van der Waals surface area contributed by atoms with Gasteiger partial charge in [-0.15, -0.1) is 6.58 Å². The van der Waals surface area contributed by atoms with Crippen molar-refractivity contribution >= 4 is 27.7 Å².